The fourth-order valence-electron chi connectivity index (χ4n) is 2.06. The number of fused-ring (bicyclic) bond motifs is 1. The minimum atomic E-state index is -0.284. The fourth-order valence-corrected chi connectivity index (χ4v) is 3.13. The van der Waals surface area contributed by atoms with Crippen molar-refractivity contribution in [3.63, 3.8) is 0 Å². The van der Waals surface area contributed by atoms with E-state index in [0.29, 0.717) is 10.7 Å². The monoisotopic (exact) mass is 318 g/mol. The Morgan fingerprint density at radius 2 is 1.86 bits per heavy atom. The standard InChI is InChI=1S/C15H11ClN2O2S/c16-10-5-1-2-6-11(10)17-14(19)9-18-12-7-3-4-8-13(12)21-15(18)20/h1-8H,9H2,(H,17,19). The molecular formula is C15H11ClN2O2S. The third-order valence-electron chi connectivity index (χ3n) is 3.02. The van der Waals surface area contributed by atoms with Crippen LogP contribution in [-0.2, 0) is 11.3 Å². The highest BCUT2D eigenvalue weighted by Crippen LogP contribution is 2.21. The van der Waals surface area contributed by atoms with Crippen molar-refractivity contribution in [2.75, 3.05) is 5.32 Å². The summed E-state index contributed by atoms with van der Waals surface area (Å²) in [7, 11) is 0. The third kappa shape index (κ3) is 2.84. The van der Waals surface area contributed by atoms with Gasteiger partial charge in [0.05, 0.1) is 20.9 Å². The molecule has 0 fully saturated rings. The second-order valence-corrected chi connectivity index (χ2v) is 5.85. The molecule has 0 aliphatic rings. The van der Waals surface area contributed by atoms with Gasteiger partial charge in [-0.1, -0.05) is 47.2 Å². The molecule has 0 saturated heterocycles. The molecule has 0 atom stereocenters. The van der Waals surface area contributed by atoms with Crippen molar-refractivity contribution in [3.8, 4) is 0 Å². The van der Waals surface area contributed by atoms with E-state index in [9.17, 15) is 9.59 Å². The summed E-state index contributed by atoms with van der Waals surface area (Å²) in [6, 6.07) is 14.4. The zero-order valence-corrected chi connectivity index (χ0v) is 12.4. The van der Waals surface area contributed by atoms with E-state index in [0.717, 1.165) is 21.6 Å². The quantitative estimate of drug-likeness (QED) is 0.805. The average molecular weight is 319 g/mol. The van der Waals surface area contributed by atoms with Crippen molar-refractivity contribution in [2.24, 2.45) is 0 Å². The predicted octanol–water partition coefficient (Wildman–Crippen LogP) is 3.36. The number of nitrogens with one attached hydrogen (secondary N) is 1. The second-order valence-electron chi connectivity index (χ2n) is 4.45. The highest BCUT2D eigenvalue weighted by atomic mass is 35.5. The zero-order chi connectivity index (χ0) is 14.8. The van der Waals surface area contributed by atoms with E-state index in [1.54, 1.807) is 24.3 Å². The molecule has 1 amide bonds. The van der Waals surface area contributed by atoms with Gasteiger partial charge in [-0.15, -0.1) is 0 Å². The van der Waals surface area contributed by atoms with Crippen molar-refractivity contribution in [2.45, 2.75) is 6.54 Å². The number of aromatic nitrogens is 1. The number of para-hydroxylation sites is 2. The van der Waals surface area contributed by atoms with E-state index in [1.165, 1.54) is 4.57 Å². The van der Waals surface area contributed by atoms with E-state index < -0.39 is 0 Å². The molecule has 2 aromatic carbocycles. The van der Waals surface area contributed by atoms with Gasteiger partial charge in [-0.2, -0.15) is 0 Å². The van der Waals surface area contributed by atoms with Crippen molar-refractivity contribution in [3.05, 3.63) is 63.2 Å². The van der Waals surface area contributed by atoms with Gasteiger partial charge in [0, 0.05) is 0 Å². The predicted molar refractivity (Wildman–Crippen MR) is 86.2 cm³/mol. The molecule has 1 heterocycles. The van der Waals surface area contributed by atoms with E-state index >= 15 is 0 Å². The fraction of sp³-hybridized carbons (Fsp3) is 0.0667. The largest absolute Gasteiger partial charge is 0.323 e. The molecule has 3 rings (SSSR count). The molecule has 3 aromatic rings. The van der Waals surface area contributed by atoms with Crippen LogP contribution in [0.5, 0.6) is 0 Å². The molecule has 106 valence electrons. The SMILES string of the molecule is O=C(Cn1c(=O)sc2ccccc21)Nc1ccccc1Cl. The molecule has 21 heavy (non-hydrogen) atoms. The summed E-state index contributed by atoms with van der Waals surface area (Å²) < 4.78 is 2.33. The number of anilines is 1. The first-order valence-corrected chi connectivity index (χ1v) is 7.47. The van der Waals surface area contributed by atoms with Gasteiger partial charge in [0.2, 0.25) is 5.91 Å². The summed E-state index contributed by atoms with van der Waals surface area (Å²) in [5, 5.41) is 3.18. The van der Waals surface area contributed by atoms with Crippen molar-refractivity contribution >= 4 is 44.7 Å². The van der Waals surface area contributed by atoms with Gasteiger partial charge in [-0.3, -0.25) is 14.2 Å². The number of halogens is 1. The zero-order valence-electron chi connectivity index (χ0n) is 10.9. The molecule has 4 nitrogen and oxygen atoms in total. The summed E-state index contributed by atoms with van der Waals surface area (Å²) in [5.74, 6) is -0.284. The van der Waals surface area contributed by atoms with E-state index in [-0.39, 0.29) is 17.3 Å². The lowest BCUT2D eigenvalue weighted by molar-refractivity contribution is -0.116. The van der Waals surface area contributed by atoms with E-state index in [1.807, 2.05) is 24.3 Å². The van der Waals surface area contributed by atoms with Gasteiger partial charge < -0.3 is 5.32 Å². The molecule has 1 N–H and O–H groups in total. The van der Waals surface area contributed by atoms with Crippen LogP contribution >= 0.6 is 22.9 Å². The van der Waals surface area contributed by atoms with Gasteiger partial charge in [-0.05, 0) is 24.3 Å². The molecule has 0 aliphatic carbocycles. The number of rotatable bonds is 3. The second kappa shape index (κ2) is 5.71. The maximum Gasteiger partial charge on any atom is 0.308 e. The molecule has 0 radical (unpaired) electrons. The Bertz CT molecular complexity index is 869. The van der Waals surface area contributed by atoms with Gasteiger partial charge in [-0.25, -0.2) is 0 Å². The Labute approximate surface area is 129 Å². The average Bonchev–Trinajstić information content (AvgIpc) is 2.78. The molecule has 0 spiro atoms. The summed E-state index contributed by atoms with van der Waals surface area (Å²) in [6.45, 7) is -0.0337. The highest BCUT2D eigenvalue weighted by Gasteiger charge is 2.11. The van der Waals surface area contributed by atoms with Crippen LogP contribution in [0.15, 0.2) is 53.3 Å². The van der Waals surface area contributed by atoms with Crippen LogP contribution < -0.4 is 10.2 Å². The Morgan fingerprint density at radius 3 is 2.67 bits per heavy atom. The van der Waals surface area contributed by atoms with Crippen LogP contribution in [0, 0.1) is 0 Å². The number of carbonyl (C=O) groups is 1. The van der Waals surface area contributed by atoms with Crippen LogP contribution in [0.25, 0.3) is 10.2 Å². The number of hydrogen-bond donors (Lipinski definition) is 1. The van der Waals surface area contributed by atoms with E-state index in [4.69, 9.17) is 11.6 Å². The first-order valence-electron chi connectivity index (χ1n) is 6.28. The van der Waals surface area contributed by atoms with Crippen LogP contribution in [-0.4, -0.2) is 10.5 Å². The number of nitrogens with zero attached hydrogens (tertiary/aromatic N) is 1. The molecule has 0 saturated carbocycles. The number of amides is 1. The van der Waals surface area contributed by atoms with Crippen molar-refractivity contribution in [1.29, 1.82) is 0 Å². The highest BCUT2D eigenvalue weighted by molar-refractivity contribution is 7.16. The first kappa shape index (κ1) is 13.9. The minimum absolute atomic E-state index is 0.0337. The Kier molecular flexibility index (Phi) is 3.77. The smallest absolute Gasteiger partial charge is 0.308 e. The molecule has 0 aliphatic heterocycles. The van der Waals surface area contributed by atoms with Crippen molar-refractivity contribution < 1.29 is 4.79 Å². The number of benzene rings is 2. The normalized spacial score (nSPS) is 10.7. The molecular weight excluding hydrogens is 308 g/mol. The third-order valence-corrected chi connectivity index (χ3v) is 4.31. The number of hydrogen-bond acceptors (Lipinski definition) is 3. The van der Waals surface area contributed by atoms with Crippen LogP contribution in [0.3, 0.4) is 0 Å². The minimum Gasteiger partial charge on any atom is -0.323 e. The van der Waals surface area contributed by atoms with Gasteiger partial charge >= 0.3 is 4.87 Å². The lowest BCUT2D eigenvalue weighted by atomic mass is 10.3. The van der Waals surface area contributed by atoms with E-state index in [2.05, 4.69) is 5.32 Å². The topological polar surface area (TPSA) is 51.1 Å². The summed E-state index contributed by atoms with van der Waals surface area (Å²) in [5.41, 5.74) is 1.30. The molecule has 0 unspecified atom stereocenters. The molecule has 0 bridgehead atoms. The Hall–Kier alpha value is -2.11. The summed E-state index contributed by atoms with van der Waals surface area (Å²) in [4.78, 5) is 23.9. The van der Waals surface area contributed by atoms with Gasteiger partial charge in [0.15, 0.2) is 0 Å². The maximum atomic E-state index is 12.1. The number of thiazole rings is 1. The lowest BCUT2D eigenvalue weighted by Crippen LogP contribution is -2.24. The van der Waals surface area contributed by atoms with Crippen LogP contribution in [0.4, 0.5) is 5.69 Å². The van der Waals surface area contributed by atoms with Gasteiger partial charge in [0.25, 0.3) is 0 Å². The summed E-state index contributed by atoms with van der Waals surface area (Å²) in [6.07, 6.45) is 0. The Balaban J connectivity index is 1.86. The maximum absolute atomic E-state index is 12.1. The first-order chi connectivity index (χ1) is 10.1. The van der Waals surface area contributed by atoms with Crippen molar-refractivity contribution in [1.82, 2.24) is 4.57 Å². The lowest BCUT2D eigenvalue weighted by Gasteiger charge is -2.07. The molecule has 6 heteroatoms. The number of carbonyl (C=O) groups excluding carboxylic acids is 1. The van der Waals surface area contributed by atoms with Crippen LogP contribution in [0.2, 0.25) is 5.02 Å². The summed E-state index contributed by atoms with van der Waals surface area (Å²) >= 11 is 7.13. The Morgan fingerprint density at radius 1 is 1.14 bits per heavy atom. The van der Waals surface area contributed by atoms with Crippen LogP contribution in [0.1, 0.15) is 0 Å². The van der Waals surface area contributed by atoms with Gasteiger partial charge in [0.1, 0.15) is 6.54 Å². The molecule has 1 aromatic heterocycles.